The normalized spacial score (nSPS) is 13.6. The molecule has 0 spiro atoms. The molecule has 2 amide bonds. The second-order valence-electron chi connectivity index (χ2n) is 5.39. The van der Waals surface area contributed by atoms with E-state index >= 15 is 0 Å². The number of hydrogen-bond donors (Lipinski definition) is 1. The molecule has 0 saturated heterocycles. The summed E-state index contributed by atoms with van der Waals surface area (Å²) >= 11 is 0. The Morgan fingerprint density at radius 2 is 1.36 bits per heavy atom. The fourth-order valence-corrected chi connectivity index (χ4v) is 2.69. The van der Waals surface area contributed by atoms with Crippen LogP contribution < -0.4 is 0 Å². The van der Waals surface area contributed by atoms with Gasteiger partial charge in [0.1, 0.15) is 0 Å². The maximum absolute atomic E-state index is 12.2. The summed E-state index contributed by atoms with van der Waals surface area (Å²) in [6.45, 7) is 0.462. The van der Waals surface area contributed by atoms with E-state index < -0.39 is 0 Å². The van der Waals surface area contributed by atoms with Crippen molar-refractivity contribution in [3.05, 3.63) is 70.8 Å². The van der Waals surface area contributed by atoms with Gasteiger partial charge in [-0.15, -0.1) is 0 Å². The average Bonchev–Trinajstić information content (AvgIpc) is 2.81. The van der Waals surface area contributed by atoms with Gasteiger partial charge in [0.25, 0.3) is 11.8 Å². The van der Waals surface area contributed by atoms with Gasteiger partial charge in [-0.3, -0.25) is 14.5 Å². The van der Waals surface area contributed by atoms with Gasteiger partial charge in [-0.25, -0.2) is 0 Å². The monoisotopic (exact) mass is 295 g/mol. The number of nitrogens with zero attached hydrogens (tertiary/aromatic N) is 1. The maximum Gasteiger partial charge on any atom is 0.261 e. The Balaban J connectivity index is 1.60. The third-order valence-corrected chi connectivity index (χ3v) is 3.93. The topological polar surface area (TPSA) is 57.6 Å². The molecule has 4 nitrogen and oxygen atoms in total. The van der Waals surface area contributed by atoms with Crippen molar-refractivity contribution in [1.82, 2.24) is 4.90 Å². The number of imide groups is 1. The summed E-state index contributed by atoms with van der Waals surface area (Å²) in [6, 6.07) is 14.6. The molecule has 0 bridgehead atoms. The number of carbonyl (C=O) groups excluding carboxylic acids is 2. The SMILES string of the molecule is O=C1c2ccccc2C(=O)N1CCCc1ccc(CO)cc1. The Morgan fingerprint density at radius 3 is 1.91 bits per heavy atom. The third kappa shape index (κ3) is 2.65. The highest BCUT2D eigenvalue weighted by Crippen LogP contribution is 2.22. The lowest BCUT2D eigenvalue weighted by Crippen LogP contribution is -2.30. The largest absolute Gasteiger partial charge is 0.392 e. The van der Waals surface area contributed by atoms with Crippen LogP contribution >= 0.6 is 0 Å². The standard InChI is InChI=1S/C18H17NO3/c20-12-14-9-7-13(8-10-14)4-3-11-19-17(21)15-5-1-2-6-16(15)18(19)22/h1-2,5-10,20H,3-4,11-12H2. The minimum absolute atomic E-state index is 0.0370. The van der Waals surface area contributed by atoms with Crippen LogP contribution in [-0.2, 0) is 13.0 Å². The second-order valence-corrected chi connectivity index (χ2v) is 5.39. The molecular weight excluding hydrogens is 278 g/mol. The number of rotatable bonds is 5. The van der Waals surface area contributed by atoms with Gasteiger partial charge >= 0.3 is 0 Å². The molecule has 0 atom stereocenters. The molecule has 0 saturated carbocycles. The van der Waals surface area contributed by atoms with Crippen molar-refractivity contribution in [2.45, 2.75) is 19.4 Å². The minimum atomic E-state index is -0.198. The predicted molar refractivity (Wildman–Crippen MR) is 82.5 cm³/mol. The smallest absolute Gasteiger partial charge is 0.261 e. The highest BCUT2D eigenvalue weighted by Gasteiger charge is 2.34. The van der Waals surface area contributed by atoms with Crippen LogP contribution in [0.15, 0.2) is 48.5 Å². The predicted octanol–water partition coefficient (Wildman–Crippen LogP) is 2.41. The molecule has 2 aromatic rings. The first-order valence-electron chi connectivity index (χ1n) is 7.34. The summed E-state index contributed by atoms with van der Waals surface area (Å²) in [5.74, 6) is -0.396. The number of aliphatic hydroxyl groups excluding tert-OH is 1. The van der Waals surface area contributed by atoms with Crippen LogP contribution in [0.2, 0.25) is 0 Å². The van der Waals surface area contributed by atoms with Crippen LogP contribution in [0.3, 0.4) is 0 Å². The molecule has 2 aromatic carbocycles. The average molecular weight is 295 g/mol. The second kappa shape index (κ2) is 6.12. The molecule has 0 unspecified atom stereocenters. The number of hydrogen-bond acceptors (Lipinski definition) is 3. The van der Waals surface area contributed by atoms with Crippen molar-refractivity contribution in [3.8, 4) is 0 Å². The lowest BCUT2D eigenvalue weighted by Gasteiger charge is -2.13. The molecule has 4 heteroatoms. The lowest BCUT2D eigenvalue weighted by atomic mass is 10.1. The van der Waals surface area contributed by atoms with Gasteiger partial charge < -0.3 is 5.11 Å². The van der Waals surface area contributed by atoms with E-state index in [1.165, 1.54) is 4.90 Å². The number of amides is 2. The first-order valence-corrected chi connectivity index (χ1v) is 7.34. The molecule has 1 heterocycles. The number of aliphatic hydroxyl groups is 1. The van der Waals surface area contributed by atoms with Crippen LogP contribution in [0, 0.1) is 0 Å². The van der Waals surface area contributed by atoms with Crippen molar-refractivity contribution in [2.24, 2.45) is 0 Å². The summed E-state index contributed by atoms with van der Waals surface area (Å²) < 4.78 is 0. The van der Waals surface area contributed by atoms with E-state index in [0.717, 1.165) is 24.0 Å². The Hall–Kier alpha value is -2.46. The molecule has 1 N–H and O–H groups in total. The summed E-state index contributed by atoms with van der Waals surface area (Å²) in [7, 11) is 0. The highest BCUT2D eigenvalue weighted by atomic mass is 16.3. The molecule has 22 heavy (non-hydrogen) atoms. The number of benzene rings is 2. The van der Waals surface area contributed by atoms with Gasteiger partial charge in [0.2, 0.25) is 0 Å². The zero-order valence-electron chi connectivity index (χ0n) is 12.2. The quantitative estimate of drug-likeness (QED) is 0.862. The van der Waals surface area contributed by atoms with Crippen LogP contribution in [-0.4, -0.2) is 28.4 Å². The van der Waals surface area contributed by atoms with Crippen molar-refractivity contribution < 1.29 is 14.7 Å². The summed E-state index contributed by atoms with van der Waals surface area (Å²) in [5.41, 5.74) is 3.01. The van der Waals surface area contributed by atoms with E-state index in [9.17, 15) is 9.59 Å². The zero-order chi connectivity index (χ0) is 15.5. The van der Waals surface area contributed by atoms with E-state index in [-0.39, 0.29) is 18.4 Å². The maximum atomic E-state index is 12.2. The summed E-state index contributed by atoms with van der Waals surface area (Å²) in [4.78, 5) is 25.7. The molecule has 0 aliphatic carbocycles. The highest BCUT2D eigenvalue weighted by molar-refractivity contribution is 6.21. The molecule has 112 valence electrons. The van der Waals surface area contributed by atoms with Crippen LogP contribution in [0.25, 0.3) is 0 Å². The number of fused-ring (bicyclic) bond motifs is 1. The number of carbonyl (C=O) groups is 2. The van der Waals surface area contributed by atoms with Crippen molar-refractivity contribution in [3.63, 3.8) is 0 Å². The summed E-state index contributed by atoms with van der Waals surface area (Å²) in [6.07, 6.45) is 1.52. The van der Waals surface area contributed by atoms with Gasteiger partial charge in [0, 0.05) is 6.54 Å². The Morgan fingerprint density at radius 1 is 0.818 bits per heavy atom. The van der Waals surface area contributed by atoms with E-state index in [1.54, 1.807) is 24.3 Å². The van der Waals surface area contributed by atoms with E-state index in [0.29, 0.717) is 17.7 Å². The van der Waals surface area contributed by atoms with Crippen LogP contribution in [0.1, 0.15) is 38.3 Å². The van der Waals surface area contributed by atoms with Crippen molar-refractivity contribution in [1.29, 1.82) is 0 Å². The Bertz CT molecular complexity index is 672. The first-order chi connectivity index (χ1) is 10.7. The molecule has 1 aliphatic rings. The molecule has 0 radical (unpaired) electrons. The van der Waals surface area contributed by atoms with Gasteiger partial charge in [0.05, 0.1) is 17.7 Å². The Kier molecular flexibility index (Phi) is 4.02. The summed E-state index contributed by atoms with van der Waals surface area (Å²) in [5, 5.41) is 9.01. The van der Waals surface area contributed by atoms with E-state index in [4.69, 9.17) is 5.11 Å². The Labute approximate surface area is 129 Å². The third-order valence-electron chi connectivity index (χ3n) is 3.93. The van der Waals surface area contributed by atoms with Gasteiger partial charge in [0.15, 0.2) is 0 Å². The minimum Gasteiger partial charge on any atom is -0.392 e. The van der Waals surface area contributed by atoms with Crippen molar-refractivity contribution >= 4 is 11.8 Å². The van der Waals surface area contributed by atoms with Gasteiger partial charge in [-0.2, -0.15) is 0 Å². The molecular formula is C18H17NO3. The van der Waals surface area contributed by atoms with Crippen molar-refractivity contribution in [2.75, 3.05) is 6.54 Å². The zero-order valence-corrected chi connectivity index (χ0v) is 12.2. The van der Waals surface area contributed by atoms with Gasteiger partial charge in [-0.05, 0) is 36.1 Å². The first kappa shape index (κ1) is 14.5. The molecule has 0 aromatic heterocycles. The van der Waals surface area contributed by atoms with E-state index in [1.807, 2.05) is 24.3 Å². The fraction of sp³-hybridized carbons (Fsp3) is 0.222. The van der Waals surface area contributed by atoms with Gasteiger partial charge in [-0.1, -0.05) is 36.4 Å². The van der Waals surface area contributed by atoms with Crippen LogP contribution in [0.5, 0.6) is 0 Å². The fourth-order valence-electron chi connectivity index (χ4n) is 2.69. The van der Waals surface area contributed by atoms with E-state index in [2.05, 4.69) is 0 Å². The molecule has 1 aliphatic heterocycles. The molecule has 0 fully saturated rings. The number of aryl methyl sites for hydroxylation is 1. The molecule has 3 rings (SSSR count). The lowest BCUT2D eigenvalue weighted by molar-refractivity contribution is 0.0652. The van der Waals surface area contributed by atoms with Crippen LogP contribution in [0.4, 0.5) is 0 Å².